The summed E-state index contributed by atoms with van der Waals surface area (Å²) >= 11 is 0. The van der Waals surface area contributed by atoms with Crippen LogP contribution in [0.25, 0.3) is 0 Å². The molecule has 0 aromatic carbocycles. The maximum Gasteiger partial charge on any atom is 0.223 e. The van der Waals surface area contributed by atoms with Crippen LogP contribution in [0.1, 0.15) is 122 Å². The molecule has 3 aliphatic carbocycles. The fraction of sp³-hybridized carbons (Fsp3) is 0.844. The molecular formula is C32H53N5O2. The lowest BCUT2D eigenvalue weighted by molar-refractivity contribution is -0.127. The number of piperazine rings is 1. The van der Waals surface area contributed by atoms with Gasteiger partial charge in [0.1, 0.15) is 11.6 Å². The lowest BCUT2D eigenvalue weighted by Gasteiger charge is -2.37. The summed E-state index contributed by atoms with van der Waals surface area (Å²) in [5.41, 5.74) is 1.24. The molecule has 39 heavy (non-hydrogen) atoms. The highest BCUT2D eigenvalue weighted by Gasteiger charge is 2.30. The Kier molecular flexibility index (Phi) is 9.48. The number of aliphatic hydroxyl groups excluding tert-OH is 1. The van der Waals surface area contributed by atoms with E-state index in [9.17, 15) is 9.90 Å². The number of carbonyl (C=O) groups is 1. The Morgan fingerprint density at radius 2 is 1.59 bits per heavy atom. The smallest absolute Gasteiger partial charge is 0.223 e. The van der Waals surface area contributed by atoms with Gasteiger partial charge in [-0.2, -0.15) is 0 Å². The van der Waals surface area contributed by atoms with Gasteiger partial charge in [-0.15, -0.1) is 0 Å². The fourth-order valence-electron chi connectivity index (χ4n) is 7.20. The van der Waals surface area contributed by atoms with Gasteiger partial charge in [0.2, 0.25) is 5.91 Å². The number of anilines is 1. The Labute approximate surface area is 236 Å². The molecule has 1 saturated heterocycles. The van der Waals surface area contributed by atoms with E-state index in [-0.39, 0.29) is 23.3 Å². The second kappa shape index (κ2) is 12.8. The molecule has 1 aromatic heterocycles. The average molecular weight is 540 g/mol. The Hall–Kier alpha value is -1.73. The number of aliphatic hydroxyl groups is 1. The predicted octanol–water partition coefficient (Wildman–Crippen LogP) is 5.17. The first-order valence-corrected chi connectivity index (χ1v) is 16.1. The summed E-state index contributed by atoms with van der Waals surface area (Å²) in [6, 6.07) is 2.65. The van der Waals surface area contributed by atoms with E-state index in [0.29, 0.717) is 12.0 Å². The van der Waals surface area contributed by atoms with E-state index in [1.807, 2.05) is 0 Å². The maximum absolute atomic E-state index is 12.7. The molecule has 0 atom stereocenters. The van der Waals surface area contributed by atoms with Gasteiger partial charge in [-0.3, -0.25) is 9.69 Å². The first-order valence-electron chi connectivity index (χ1n) is 16.1. The molecule has 2 heterocycles. The van der Waals surface area contributed by atoms with Crippen molar-refractivity contribution in [3.63, 3.8) is 0 Å². The van der Waals surface area contributed by atoms with Crippen molar-refractivity contribution in [1.29, 1.82) is 0 Å². The van der Waals surface area contributed by atoms with Crippen LogP contribution in [0, 0.1) is 11.8 Å². The van der Waals surface area contributed by atoms with Crippen molar-refractivity contribution >= 4 is 11.7 Å². The van der Waals surface area contributed by atoms with Crippen LogP contribution in [0.2, 0.25) is 0 Å². The highest BCUT2D eigenvalue weighted by molar-refractivity contribution is 5.79. The number of nitrogens with one attached hydrogen (secondary N) is 1. The Morgan fingerprint density at radius 3 is 2.23 bits per heavy atom. The van der Waals surface area contributed by atoms with Crippen molar-refractivity contribution in [2.75, 3.05) is 37.6 Å². The zero-order valence-corrected chi connectivity index (χ0v) is 24.8. The van der Waals surface area contributed by atoms with Crippen molar-refractivity contribution in [2.24, 2.45) is 11.8 Å². The molecule has 1 amide bonds. The third-order valence-corrected chi connectivity index (χ3v) is 9.99. The number of nitrogens with zero attached hydrogens (tertiary/aromatic N) is 4. The van der Waals surface area contributed by atoms with Crippen LogP contribution in [0.4, 0.5) is 5.82 Å². The standard InChI is InChI=1S/C32H53N5O2/c1-32(2,3)31-34-28(24-6-4-5-7-24)22-29(35-31)37-20-18-36(19-21-37)17-16-23-8-12-26(13-9-23)33-30(39)25-10-14-27(38)15-11-25/h22-27,38H,4-21H2,1-3H3,(H,33,39)/t23-,25-,26-,27+. The summed E-state index contributed by atoms with van der Waals surface area (Å²) in [4.78, 5) is 27.9. The van der Waals surface area contributed by atoms with Gasteiger partial charge < -0.3 is 15.3 Å². The number of aromatic nitrogens is 2. The molecule has 4 fully saturated rings. The average Bonchev–Trinajstić information content (AvgIpc) is 3.48. The van der Waals surface area contributed by atoms with Gasteiger partial charge in [0.25, 0.3) is 0 Å². The van der Waals surface area contributed by atoms with Crippen molar-refractivity contribution in [3.05, 3.63) is 17.6 Å². The molecular weight excluding hydrogens is 486 g/mol. The SMILES string of the molecule is CC(C)(C)c1nc(C2CCCC2)cc(N2CCN(CC[C@H]3CC[C@H](NC(=O)[C@H]4CC[C@@H](O)CC4)CC3)CC2)n1. The number of hydrogen-bond acceptors (Lipinski definition) is 6. The third kappa shape index (κ3) is 7.72. The summed E-state index contributed by atoms with van der Waals surface area (Å²) in [6.45, 7) is 12.2. The minimum Gasteiger partial charge on any atom is -0.393 e. The molecule has 7 nitrogen and oxygen atoms in total. The van der Waals surface area contributed by atoms with Crippen molar-refractivity contribution in [3.8, 4) is 0 Å². The van der Waals surface area contributed by atoms with Crippen LogP contribution in [0.5, 0.6) is 0 Å². The third-order valence-electron chi connectivity index (χ3n) is 9.99. The van der Waals surface area contributed by atoms with E-state index in [2.05, 4.69) is 42.0 Å². The van der Waals surface area contributed by atoms with Crippen LogP contribution in [0.15, 0.2) is 6.07 Å². The highest BCUT2D eigenvalue weighted by Crippen LogP contribution is 2.36. The molecule has 5 rings (SSSR count). The monoisotopic (exact) mass is 539 g/mol. The van der Waals surface area contributed by atoms with E-state index < -0.39 is 0 Å². The summed E-state index contributed by atoms with van der Waals surface area (Å²) in [7, 11) is 0. The Balaban J connectivity index is 1.05. The van der Waals surface area contributed by atoms with E-state index in [1.165, 1.54) is 57.2 Å². The molecule has 2 N–H and O–H groups in total. The van der Waals surface area contributed by atoms with Gasteiger partial charge in [0, 0.05) is 61.2 Å². The Morgan fingerprint density at radius 1 is 0.923 bits per heavy atom. The number of rotatable bonds is 7. The van der Waals surface area contributed by atoms with Crippen molar-refractivity contribution in [1.82, 2.24) is 20.2 Å². The zero-order valence-electron chi connectivity index (χ0n) is 24.8. The first kappa shape index (κ1) is 28.8. The van der Waals surface area contributed by atoms with Crippen LogP contribution >= 0.6 is 0 Å². The van der Waals surface area contributed by atoms with Crippen molar-refractivity contribution in [2.45, 2.75) is 128 Å². The maximum atomic E-state index is 12.7. The first-order chi connectivity index (χ1) is 18.7. The van der Waals surface area contributed by atoms with Crippen LogP contribution in [-0.4, -0.2) is 70.8 Å². The Bertz CT molecular complexity index is 932. The van der Waals surface area contributed by atoms with Gasteiger partial charge in [-0.1, -0.05) is 33.6 Å². The highest BCUT2D eigenvalue weighted by atomic mass is 16.3. The van der Waals surface area contributed by atoms with Gasteiger partial charge in [-0.05, 0) is 83.1 Å². The molecule has 1 aromatic rings. The van der Waals surface area contributed by atoms with Gasteiger partial charge >= 0.3 is 0 Å². The van der Waals surface area contributed by atoms with E-state index in [1.54, 1.807) is 0 Å². The largest absolute Gasteiger partial charge is 0.393 e. The molecule has 0 unspecified atom stereocenters. The number of hydrogen-bond donors (Lipinski definition) is 2. The summed E-state index contributed by atoms with van der Waals surface area (Å²) in [5, 5.41) is 13.0. The molecule has 4 aliphatic rings. The molecule has 1 aliphatic heterocycles. The van der Waals surface area contributed by atoms with E-state index in [0.717, 1.165) is 82.3 Å². The minimum atomic E-state index is -0.199. The van der Waals surface area contributed by atoms with Crippen molar-refractivity contribution < 1.29 is 9.90 Å². The lowest BCUT2D eigenvalue weighted by Crippen LogP contribution is -2.47. The summed E-state index contributed by atoms with van der Waals surface area (Å²) in [5.74, 6) is 3.87. The normalized spacial score (nSPS) is 29.5. The lowest BCUT2D eigenvalue weighted by atomic mass is 9.83. The predicted molar refractivity (Wildman–Crippen MR) is 157 cm³/mol. The number of carbonyl (C=O) groups excluding carboxylic acids is 1. The van der Waals surface area contributed by atoms with Gasteiger partial charge in [0.15, 0.2) is 0 Å². The fourth-order valence-corrected chi connectivity index (χ4v) is 7.20. The second-order valence-electron chi connectivity index (χ2n) is 14.1. The molecule has 3 saturated carbocycles. The zero-order chi connectivity index (χ0) is 27.4. The molecule has 0 bridgehead atoms. The molecule has 0 spiro atoms. The van der Waals surface area contributed by atoms with Crippen LogP contribution in [-0.2, 0) is 10.2 Å². The van der Waals surface area contributed by atoms with Gasteiger partial charge in [-0.25, -0.2) is 9.97 Å². The van der Waals surface area contributed by atoms with E-state index >= 15 is 0 Å². The number of amides is 1. The van der Waals surface area contributed by atoms with Crippen LogP contribution in [0.3, 0.4) is 0 Å². The topological polar surface area (TPSA) is 81.6 Å². The summed E-state index contributed by atoms with van der Waals surface area (Å²) in [6.07, 6.45) is 14.2. The minimum absolute atomic E-state index is 0.0353. The van der Waals surface area contributed by atoms with Gasteiger partial charge in [0.05, 0.1) is 6.10 Å². The molecule has 0 radical (unpaired) electrons. The quantitative estimate of drug-likeness (QED) is 0.498. The second-order valence-corrected chi connectivity index (χ2v) is 14.1. The van der Waals surface area contributed by atoms with E-state index in [4.69, 9.17) is 9.97 Å². The molecule has 218 valence electrons. The van der Waals surface area contributed by atoms with Crippen LogP contribution < -0.4 is 10.2 Å². The molecule has 7 heteroatoms. The summed E-state index contributed by atoms with van der Waals surface area (Å²) < 4.78 is 0.